The van der Waals surface area contributed by atoms with E-state index in [-0.39, 0.29) is 5.78 Å². The van der Waals surface area contributed by atoms with Gasteiger partial charge in [-0.3, -0.25) is 4.79 Å². The second-order valence-corrected chi connectivity index (χ2v) is 4.16. The zero-order valence-electron chi connectivity index (χ0n) is 10.7. The molecule has 2 rings (SSSR count). The van der Waals surface area contributed by atoms with Gasteiger partial charge in [-0.2, -0.15) is 0 Å². The van der Waals surface area contributed by atoms with Gasteiger partial charge in [0, 0.05) is 11.6 Å². The van der Waals surface area contributed by atoms with Gasteiger partial charge < -0.3 is 4.74 Å². The summed E-state index contributed by atoms with van der Waals surface area (Å²) in [4.78, 5) is 16.6. The normalized spacial score (nSPS) is 10.2. The summed E-state index contributed by atoms with van der Waals surface area (Å²) in [7, 11) is 1.54. The number of nitrogens with zero attached hydrogens (tertiary/aromatic N) is 1. The highest BCUT2D eigenvalue weighted by Gasteiger charge is 2.15. The zero-order chi connectivity index (χ0) is 13.1. The molecular formula is C15H15NO2. The zero-order valence-corrected chi connectivity index (χ0v) is 10.7. The lowest BCUT2D eigenvalue weighted by atomic mass is 9.97. The second kappa shape index (κ2) is 5.00. The molecule has 18 heavy (non-hydrogen) atoms. The molecule has 1 aromatic carbocycles. The summed E-state index contributed by atoms with van der Waals surface area (Å²) in [6.45, 7) is 3.86. The minimum absolute atomic E-state index is 0.0653. The van der Waals surface area contributed by atoms with Crippen molar-refractivity contribution in [2.24, 2.45) is 0 Å². The molecule has 0 atom stereocenters. The molecule has 2 aromatic rings. The Hall–Kier alpha value is -2.16. The first-order valence-corrected chi connectivity index (χ1v) is 5.75. The lowest BCUT2D eigenvalue weighted by Gasteiger charge is -2.08. The highest BCUT2D eigenvalue weighted by Crippen LogP contribution is 2.18. The van der Waals surface area contributed by atoms with Crippen molar-refractivity contribution in [1.29, 1.82) is 0 Å². The molecule has 3 nitrogen and oxygen atoms in total. The van der Waals surface area contributed by atoms with Crippen molar-refractivity contribution in [1.82, 2.24) is 4.98 Å². The number of benzene rings is 1. The van der Waals surface area contributed by atoms with Crippen LogP contribution in [0.15, 0.2) is 36.4 Å². The maximum atomic E-state index is 12.4. The number of pyridine rings is 1. The third-order valence-corrected chi connectivity index (χ3v) is 2.87. The smallest absolute Gasteiger partial charge is 0.213 e. The van der Waals surface area contributed by atoms with Crippen LogP contribution < -0.4 is 4.74 Å². The van der Waals surface area contributed by atoms with Crippen LogP contribution in [0.25, 0.3) is 0 Å². The molecule has 92 valence electrons. The highest BCUT2D eigenvalue weighted by atomic mass is 16.5. The molecule has 0 saturated carbocycles. The summed E-state index contributed by atoms with van der Waals surface area (Å²) in [5, 5.41) is 0. The van der Waals surface area contributed by atoms with Gasteiger partial charge in [-0.1, -0.05) is 24.3 Å². The average Bonchev–Trinajstić information content (AvgIpc) is 2.38. The minimum Gasteiger partial charge on any atom is -0.481 e. The van der Waals surface area contributed by atoms with Gasteiger partial charge in [-0.05, 0) is 31.0 Å². The fraction of sp³-hybridized carbons (Fsp3) is 0.200. The first kappa shape index (κ1) is 12.3. The van der Waals surface area contributed by atoms with Crippen LogP contribution in [-0.4, -0.2) is 17.9 Å². The van der Waals surface area contributed by atoms with E-state index in [4.69, 9.17) is 4.74 Å². The largest absolute Gasteiger partial charge is 0.481 e. The van der Waals surface area contributed by atoms with Gasteiger partial charge in [0.2, 0.25) is 11.7 Å². The van der Waals surface area contributed by atoms with E-state index in [0.717, 1.165) is 16.7 Å². The topological polar surface area (TPSA) is 39.2 Å². The van der Waals surface area contributed by atoms with Crippen LogP contribution in [0.3, 0.4) is 0 Å². The molecule has 1 aromatic heterocycles. The van der Waals surface area contributed by atoms with Gasteiger partial charge in [0.25, 0.3) is 0 Å². The van der Waals surface area contributed by atoms with Crippen molar-refractivity contribution >= 4 is 5.78 Å². The quantitative estimate of drug-likeness (QED) is 0.775. The van der Waals surface area contributed by atoms with E-state index >= 15 is 0 Å². The number of ketones is 1. The molecular weight excluding hydrogens is 226 g/mol. The molecule has 3 heteroatoms. The molecule has 0 aliphatic heterocycles. The van der Waals surface area contributed by atoms with Crippen LogP contribution in [0.5, 0.6) is 5.88 Å². The first-order chi connectivity index (χ1) is 8.63. The Balaban J connectivity index is 2.48. The highest BCUT2D eigenvalue weighted by molar-refractivity contribution is 6.09. The summed E-state index contributed by atoms with van der Waals surface area (Å²) in [6, 6.07) is 11.0. The lowest BCUT2D eigenvalue weighted by Crippen LogP contribution is -2.08. The predicted molar refractivity (Wildman–Crippen MR) is 70.1 cm³/mol. The van der Waals surface area contributed by atoms with Gasteiger partial charge in [-0.25, -0.2) is 4.98 Å². The van der Waals surface area contributed by atoms with E-state index < -0.39 is 0 Å². The Morgan fingerprint density at radius 3 is 2.28 bits per heavy atom. The summed E-state index contributed by atoms with van der Waals surface area (Å²) in [5.74, 6) is 0.386. The maximum Gasteiger partial charge on any atom is 0.213 e. The van der Waals surface area contributed by atoms with Crippen LogP contribution in [-0.2, 0) is 0 Å². The Bertz CT molecular complexity index is 571. The molecule has 0 N–H and O–H groups in total. The third kappa shape index (κ3) is 2.25. The van der Waals surface area contributed by atoms with E-state index in [1.807, 2.05) is 32.0 Å². The number of aryl methyl sites for hydroxylation is 2. The SMILES string of the molecule is COc1cccc(C(=O)c2c(C)cccc2C)n1. The Labute approximate surface area is 106 Å². The number of hydrogen-bond acceptors (Lipinski definition) is 3. The third-order valence-electron chi connectivity index (χ3n) is 2.87. The molecule has 0 spiro atoms. The monoisotopic (exact) mass is 241 g/mol. The van der Waals surface area contributed by atoms with Crippen molar-refractivity contribution in [2.45, 2.75) is 13.8 Å². The van der Waals surface area contributed by atoms with E-state index in [1.165, 1.54) is 7.11 Å². The van der Waals surface area contributed by atoms with E-state index in [1.54, 1.807) is 18.2 Å². The molecule has 1 heterocycles. The number of aromatic nitrogens is 1. The molecule has 0 radical (unpaired) electrons. The number of ether oxygens (including phenoxy) is 1. The Morgan fingerprint density at radius 2 is 1.67 bits per heavy atom. The van der Waals surface area contributed by atoms with Gasteiger partial charge in [0.05, 0.1) is 7.11 Å². The van der Waals surface area contributed by atoms with Crippen LogP contribution in [0.2, 0.25) is 0 Å². The van der Waals surface area contributed by atoms with E-state index in [2.05, 4.69) is 4.98 Å². The first-order valence-electron chi connectivity index (χ1n) is 5.75. The summed E-state index contributed by atoms with van der Waals surface area (Å²) < 4.78 is 5.04. The standard InChI is InChI=1S/C15H15NO2/c1-10-6-4-7-11(2)14(10)15(17)12-8-5-9-13(16-12)18-3/h4-9H,1-3H3. The number of methoxy groups -OCH3 is 1. The summed E-state index contributed by atoms with van der Waals surface area (Å²) >= 11 is 0. The lowest BCUT2D eigenvalue weighted by molar-refractivity contribution is 0.103. The predicted octanol–water partition coefficient (Wildman–Crippen LogP) is 2.94. The van der Waals surface area contributed by atoms with Crippen LogP contribution >= 0.6 is 0 Å². The summed E-state index contributed by atoms with van der Waals surface area (Å²) in [6.07, 6.45) is 0. The molecule has 0 aliphatic rings. The van der Waals surface area contributed by atoms with Crippen LogP contribution in [0, 0.1) is 13.8 Å². The number of carbonyl (C=O) groups excluding carboxylic acids is 1. The Kier molecular flexibility index (Phi) is 3.42. The number of hydrogen-bond donors (Lipinski definition) is 0. The minimum atomic E-state index is -0.0653. The fourth-order valence-electron chi connectivity index (χ4n) is 1.96. The van der Waals surface area contributed by atoms with Gasteiger partial charge >= 0.3 is 0 Å². The number of carbonyl (C=O) groups is 1. The van der Waals surface area contributed by atoms with Gasteiger partial charge in [0.1, 0.15) is 5.69 Å². The summed E-state index contributed by atoms with van der Waals surface area (Å²) in [5.41, 5.74) is 3.05. The van der Waals surface area contributed by atoms with Crippen molar-refractivity contribution < 1.29 is 9.53 Å². The van der Waals surface area contributed by atoms with Gasteiger partial charge in [-0.15, -0.1) is 0 Å². The molecule has 0 bridgehead atoms. The van der Waals surface area contributed by atoms with Crippen LogP contribution in [0.1, 0.15) is 27.2 Å². The molecule has 0 saturated heterocycles. The maximum absolute atomic E-state index is 12.4. The van der Waals surface area contributed by atoms with Crippen LogP contribution in [0.4, 0.5) is 0 Å². The van der Waals surface area contributed by atoms with Crippen molar-refractivity contribution in [3.05, 3.63) is 58.8 Å². The Morgan fingerprint density at radius 1 is 1.06 bits per heavy atom. The second-order valence-electron chi connectivity index (χ2n) is 4.16. The number of rotatable bonds is 3. The average molecular weight is 241 g/mol. The van der Waals surface area contributed by atoms with E-state index in [0.29, 0.717) is 11.6 Å². The molecule has 0 aliphatic carbocycles. The molecule has 0 fully saturated rings. The fourth-order valence-corrected chi connectivity index (χ4v) is 1.96. The van der Waals surface area contributed by atoms with Crippen molar-refractivity contribution in [2.75, 3.05) is 7.11 Å². The molecule has 0 unspecified atom stereocenters. The van der Waals surface area contributed by atoms with E-state index in [9.17, 15) is 4.79 Å². The van der Waals surface area contributed by atoms with Crippen molar-refractivity contribution in [3.8, 4) is 5.88 Å². The molecule has 0 amide bonds. The van der Waals surface area contributed by atoms with Gasteiger partial charge in [0.15, 0.2) is 0 Å². The van der Waals surface area contributed by atoms with Crippen molar-refractivity contribution in [3.63, 3.8) is 0 Å².